The van der Waals surface area contributed by atoms with E-state index in [9.17, 15) is 19.7 Å². The van der Waals surface area contributed by atoms with Crippen molar-refractivity contribution in [1.82, 2.24) is 14.5 Å². The molecule has 2 aromatic heterocycles. The van der Waals surface area contributed by atoms with Gasteiger partial charge in [-0.1, -0.05) is 17.7 Å². The van der Waals surface area contributed by atoms with Gasteiger partial charge in [-0.2, -0.15) is 0 Å². The van der Waals surface area contributed by atoms with Crippen molar-refractivity contribution in [1.29, 1.82) is 0 Å². The van der Waals surface area contributed by atoms with Crippen LogP contribution in [-0.2, 0) is 0 Å². The summed E-state index contributed by atoms with van der Waals surface area (Å²) in [5.41, 5.74) is 6.67. The van der Waals surface area contributed by atoms with E-state index in [-0.39, 0.29) is 17.0 Å². The molecule has 1 fully saturated rings. The number of hydrogen-bond acceptors (Lipinski definition) is 6. The molecule has 27 heavy (non-hydrogen) atoms. The number of nitrogens with two attached hydrogens (primary N) is 1. The Morgan fingerprint density at radius 2 is 2.00 bits per heavy atom. The number of nitrogens with zero attached hydrogens (tertiary/aromatic N) is 3. The predicted octanol–water partition coefficient (Wildman–Crippen LogP) is 1.82. The number of nitrogen functional groups attached to an aromatic ring is 1. The van der Waals surface area contributed by atoms with Crippen molar-refractivity contribution in [3.05, 3.63) is 53.2 Å². The second kappa shape index (κ2) is 6.72. The minimum atomic E-state index is -1.19. The van der Waals surface area contributed by atoms with Crippen molar-refractivity contribution < 1.29 is 19.7 Å². The molecule has 0 aliphatic heterocycles. The lowest BCUT2D eigenvalue weighted by Crippen LogP contribution is -2.31. The van der Waals surface area contributed by atoms with Crippen LogP contribution < -0.4 is 5.73 Å². The SMILES string of the molecule is Nc1ncnc2c1ccn2[C@@H]1C[C@@H]([C@H](O)c2ccc(Cl)c(F)c2)[C@@H](O)[C@H]1O. The lowest BCUT2D eigenvalue weighted by molar-refractivity contribution is -0.0265. The monoisotopic (exact) mass is 392 g/mol. The van der Waals surface area contributed by atoms with Crippen LogP contribution in [0.25, 0.3) is 11.0 Å². The van der Waals surface area contributed by atoms with E-state index in [1.54, 1.807) is 16.8 Å². The number of fused-ring (bicyclic) bond motifs is 1. The molecular formula is C18H18ClFN4O3. The molecule has 142 valence electrons. The molecule has 5 atom stereocenters. The molecule has 9 heteroatoms. The largest absolute Gasteiger partial charge is 0.390 e. The van der Waals surface area contributed by atoms with E-state index in [1.807, 2.05) is 0 Å². The average Bonchev–Trinajstić information content (AvgIpc) is 3.20. The molecule has 5 N–H and O–H groups in total. The number of halogens is 2. The first kappa shape index (κ1) is 18.1. The Morgan fingerprint density at radius 1 is 1.22 bits per heavy atom. The van der Waals surface area contributed by atoms with Crippen molar-refractivity contribution >= 4 is 28.5 Å². The van der Waals surface area contributed by atoms with E-state index in [0.29, 0.717) is 16.9 Å². The molecule has 1 aromatic carbocycles. The molecule has 0 spiro atoms. The van der Waals surface area contributed by atoms with Gasteiger partial charge < -0.3 is 25.6 Å². The van der Waals surface area contributed by atoms with E-state index in [4.69, 9.17) is 17.3 Å². The Hall–Kier alpha value is -2.26. The van der Waals surface area contributed by atoms with E-state index in [0.717, 1.165) is 6.07 Å². The summed E-state index contributed by atoms with van der Waals surface area (Å²) in [4.78, 5) is 8.14. The summed E-state index contributed by atoms with van der Waals surface area (Å²) < 4.78 is 15.4. The smallest absolute Gasteiger partial charge is 0.145 e. The molecule has 1 saturated carbocycles. The second-order valence-electron chi connectivity index (χ2n) is 6.79. The van der Waals surface area contributed by atoms with Gasteiger partial charge in [-0.25, -0.2) is 14.4 Å². The predicted molar refractivity (Wildman–Crippen MR) is 97.5 cm³/mol. The molecule has 0 unspecified atom stereocenters. The standard InChI is InChI=1S/C18H18ClFN4O3/c19-11-2-1-8(5-12(11)20)14(25)10-6-13(16(27)15(10)26)24-4-3-9-17(21)22-7-23-18(9)24/h1-5,7,10,13-16,25-27H,6H2,(H2,21,22,23)/t10-,13+,14+,15+,16-/m0/s1. The minimum absolute atomic E-state index is 0.0492. The van der Waals surface area contributed by atoms with Gasteiger partial charge >= 0.3 is 0 Å². The minimum Gasteiger partial charge on any atom is -0.390 e. The Labute approximate surface area is 158 Å². The third-order valence-corrected chi connectivity index (χ3v) is 5.59. The van der Waals surface area contributed by atoms with Gasteiger partial charge in [0.25, 0.3) is 0 Å². The summed E-state index contributed by atoms with van der Waals surface area (Å²) in [5.74, 6) is -1.02. The fraction of sp³-hybridized carbons (Fsp3) is 0.333. The van der Waals surface area contributed by atoms with Crippen molar-refractivity contribution in [2.75, 3.05) is 5.73 Å². The van der Waals surface area contributed by atoms with Crippen molar-refractivity contribution in [2.45, 2.75) is 30.8 Å². The number of aliphatic hydroxyl groups is 3. The summed E-state index contributed by atoms with van der Waals surface area (Å²) in [6.45, 7) is 0. The number of rotatable bonds is 3. The molecule has 1 aliphatic rings. The molecule has 0 radical (unpaired) electrons. The van der Waals surface area contributed by atoms with E-state index < -0.39 is 36.1 Å². The summed E-state index contributed by atoms with van der Waals surface area (Å²) in [6, 6.07) is 5.20. The first-order chi connectivity index (χ1) is 12.9. The highest BCUT2D eigenvalue weighted by Gasteiger charge is 2.46. The summed E-state index contributed by atoms with van der Waals surface area (Å²) >= 11 is 5.68. The lowest BCUT2D eigenvalue weighted by atomic mass is 9.92. The Morgan fingerprint density at radius 3 is 2.74 bits per heavy atom. The Bertz CT molecular complexity index is 998. The molecule has 1 aliphatic carbocycles. The number of benzene rings is 1. The van der Waals surface area contributed by atoms with Crippen LogP contribution in [0.2, 0.25) is 5.02 Å². The average molecular weight is 393 g/mol. The highest BCUT2D eigenvalue weighted by atomic mass is 35.5. The van der Waals surface area contributed by atoms with Gasteiger partial charge in [0.2, 0.25) is 0 Å². The normalized spacial score (nSPS) is 26.6. The van der Waals surface area contributed by atoms with Gasteiger partial charge in [0.1, 0.15) is 29.7 Å². The first-order valence-electron chi connectivity index (χ1n) is 8.44. The molecule has 0 amide bonds. The zero-order valence-electron chi connectivity index (χ0n) is 14.1. The zero-order valence-corrected chi connectivity index (χ0v) is 14.8. The van der Waals surface area contributed by atoms with Gasteiger partial charge in [0.15, 0.2) is 0 Å². The third-order valence-electron chi connectivity index (χ3n) is 5.28. The van der Waals surface area contributed by atoms with Crippen LogP contribution >= 0.6 is 11.6 Å². The van der Waals surface area contributed by atoms with Gasteiger partial charge in [0.05, 0.1) is 28.7 Å². The van der Waals surface area contributed by atoms with Crippen molar-refractivity contribution in [3.63, 3.8) is 0 Å². The quantitative estimate of drug-likeness (QED) is 0.540. The fourth-order valence-electron chi connectivity index (χ4n) is 3.83. The zero-order chi connectivity index (χ0) is 19.3. The Balaban J connectivity index is 1.66. The fourth-order valence-corrected chi connectivity index (χ4v) is 3.95. The van der Waals surface area contributed by atoms with Crippen LogP contribution in [0.4, 0.5) is 10.2 Å². The highest BCUT2D eigenvalue weighted by molar-refractivity contribution is 6.30. The maximum Gasteiger partial charge on any atom is 0.145 e. The van der Waals surface area contributed by atoms with Gasteiger partial charge in [-0.15, -0.1) is 0 Å². The number of hydrogen-bond donors (Lipinski definition) is 4. The maximum atomic E-state index is 13.7. The molecule has 4 rings (SSSR count). The second-order valence-corrected chi connectivity index (χ2v) is 7.19. The first-order valence-corrected chi connectivity index (χ1v) is 8.82. The maximum absolute atomic E-state index is 13.7. The summed E-state index contributed by atoms with van der Waals surface area (Å²) in [5, 5.41) is 32.3. The van der Waals surface area contributed by atoms with Gasteiger partial charge in [-0.3, -0.25) is 0 Å². The van der Waals surface area contributed by atoms with Crippen LogP contribution in [0.5, 0.6) is 0 Å². The number of aliphatic hydroxyl groups excluding tert-OH is 3. The topological polar surface area (TPSA) is 117 Å². The summed E-state index contributed by atoms with van der Waals surface area (Å²) in [7, 11) is 0. The van der Waals surface area contributed by atoms with Crippen LogP contribution in [0.3, 0.4) is 0 Å². The lowest BCUT2D eigenvalue weighted by Gasteiger charge is -2.22. The van der Waals surface area contributed by atoms with Crippen LogP contribution in [-0.4, -0.2) is 42.1 Å². The summed E-state index contributed by atoms with van der Waals surface area (Å²) in [6.07, 6.45) is -0.176. The molecule has 0 bridgehead atoms. The molecule has 0 saturated heterocycles. The van der Waals surface area contributed by atoms with E-state index in [1.165, 1.54) is 18.5 Å². The number of anilines is 1. The number of aromatic nitrogens is 3. The van der Waals surface area contributed by atoms with Crippen LogP contribution in [0, 0.1) is 11.7 Å². The van der Waals surface area contributed by atoms with Crippen LogP contribution in [0.1, 0.15) is 24.1 Å². The van der Waals surface area contributed by atoms with E-state index >= 15 is 0 Å². The van der Waals surface area contributed by atoms with E-state index in [2.05, 4.69) is 9.97 Å². The van der Waals surface area contributed by atoms with Gasteiger partial charge in [0, 0.05) is 12.1 Å². The highest BCUT2D eigenvalue weighted by Crippen LogP contribution is 2.43. The molecular weight excluding hydrogens is 375 g/mol. The van der Waals surface area contributed by atoms with Crippen LogP contribution in [0.15, 0.2) is 36.8 Å². The van der Waals surface area contributed by atoms with Crippen molar-refractivity contribution in [3.8, 4) is 0 Å². The molecule has 7 nitrogen and oxygen atoms in total. The molecule has 3 aromatic rings. The Kier molecular flexibility index (Phi) is 4.51. The van der Waals surface area contributed by atoms with Crippen molar-refractivity contribution in [2.24, 2.45) is 5.92 Å². The third kappa shape index (κ3) is 2.94. The molecule has 2 heterocycles. The van der Waals surface area contributed by atoms with Gasteiger partial charge in [-0.05, 0) is 30.2 Å².